The van der Waals surface area contributed by atoms with Crippen molar-refractivity contribution >= 4 is 49.8 Å². The summed E-state index contributed by atoms with van der Waals surface area (Å²) in [5.74, 6) is 0.411. The van der Waals surface area contributed by atoms with Gasteiger partial charge in [0.1, 0.15) is 10.6 Å². The molecule has 3 aliphatic carbocycles. The fraction of sp³-hybridized carbons (Fsp3) is 0.400. The van der Waals surface area contributed by atoms with E-state index in [0.29, 0.717) is 63.1 Å². The van der Waals surface area contributed by atoms with Gasteiger partial charge < -0.3 is 20.5 Å². The van der Waals surface area contributed by atoms with Crippen molar-refractivity contribution in [3.63, 3.8) is 0 Å². The van der Waals surface area contributed by atoms with E-state index in [0.717, 1.165) is 19.4 Å². The molecule has 4 heterocycles. The van der Waals surface area contributed by atoms with Crippen LogP contribution in [0.1, 0.15) is 12.8 Å². The first-order valence-electron chi connectivity index (χ1n) is 11.7. The Morgan fingerprint density at radius 3 is 2.94 bits per heavy atom. The minimum absolute atomic E-state index is 0.0466. The molecule has 1 saturated carbocycles. The molecular weight excluding hydrogens is 471 g/mol. The zero-order valence-electron chi connectivity index (χ0n) is 19.0. The summed E-state index contributed by atoms with van der Waals surface area (Å²) < 4.78 is 22.6. The molecule has 2 bridgehead atoms. The Balaban J connectivity index is 1.50. The second-order valence-electron chi connectivity index (χ2n) is 10.0. The number of carboxylic acid groups (broad SMARTS) is 1. The van der Waals surface area contributed by atoms with Gasteiger partial charge in [-0.15, -0.1) is 11.3 Å². The van der Waals surface area contributed by atoms with Crippen molar-refractivity contribution in [1.29, 1.82) is 0 Å². The standard InChI is InChI=1S/C25H23FN4O4S/c1-28-18-16-9-35-23-22(34-24(32)33)21(31)12-6-15(26)20(17(18)19(12)30(16)23)29-7-13-11-2-4-25(10-27,5-3-11)14(13)8-29/h2,4,6,9,11,13-14H,3,5,7-8,10,27H2,1H3,(H,32,33). The minimum Gasteiger partial charge on any atom is -0.449 e. The molecule has 8 rings (SSSR count). The zero-order chi connectivity index (χ0) is 24.2. The molecule has 4 aromatic rings. The molecule has 3 aromatic heterocycles. The number of allylic oxidation sites excluding steroid dienone is 1. The predicted molar refractivity (Wildman–Crippen MR) is 132 cm³/mol. The Hall–Kier alpha value is -3.24. The fourth-order valence-corrected chi connectivity index (χ4v) is 8.13. The lowest BCUT2D eigenvalue weighted by molar-refractivity contribution is 0.0798. The van der Waals surface area contributed by atoms with Crippen LogP contribution in [-0.2, 0) is 0 Å². The largest absolute Gasteiger partial charge is 0.511 e. The molecule has 0 radical (unpaired) electrons. The summed E-state index contributed by atoms with van der Waals surface area (Å²) in [5.41, 5.74) is 7.30. The number of hydrogen-bond donors (Lipinski definition) is 2. The van der Waals surface area contributed by atoms with Crippen LogP contribution in [0.25, 0.3) is 26.6 Å². The van der Waals surface area contributed by atoms with Crippen LogP contribution >= 0.6 is 11.3 Å². The highest BCUT2D eigenvalue weighted by Gasteiger charge is 2.54. The summed E-state index contributed by atoms with van der Waals surface area (Å²) in [6.07, 6.45) is 5.19. The van der Waals surface area contributed by atoms with Crippen LogP contribution in [0.2, 0.25) is 0 Å². The fourth-order valence-electron chi connectivity index (χ4n) is 7.16. The van der Waals surface area contributed by atoms with Gasteiger partial charge in [-0.25, -0.2) is 9.18 Å². The number of anilines is 1. The molecule has 1 aromatic carbocycles. The molecule has 3 N–H and O–H groups in total. The number of nitrogens with two attached hydrogens (primary N) is 1. The van der Waals surface area contributed by atoms with Crippen molar-refractivity contribution in [2.45, 2.75) is 12.8 Å². The number of pyridine rings is 1. The van der Waals surface area contributed by atoms with Gasteiger partial charge in [0, 0.05) is 37.5 Å². The second-order valence-corrected chi connectivity index (χ2v) is 10.9. The van der Waals surface area contributed by atoms with Gasteiger partial charge in [-0.2, -0.15) is 0 Å². The Morgan fingerprint density at radius 1 is 1.43 bits per heavy atom. The lowest BCUT2D eigenvalue weighted by Gasteiger charge is -2.49. The Morgan fingerprint density at radius 2 is 2.26 bits per heavy atom. The van der Waals surface area contributed by atoms with Crippen molar-refractivity contribution in [2.24, 2.45) is 33.9 Å². The maximum absolute atomic E-state index is 16.0. The van der Waals surface area contributed by atoms with E-state index in [1.807, 2.05) is 5.38 Å². The van der Waals surface area contributed by atoms with Crippen molar-refractivity contribution in [3.05, 3.63) is 45.0 Å². The van der Waals surface area contributed by atoms with Crippen molar-refractivity contribution in [2.75, 3.05) is 31.6 Å². The number of nitrogens with zero attached hydrogens (tertiary/aromatic N) is 3. The lowest BCUT2D eigenvalue weighted by Crippen LogP contribution is -2.48. The highest BCUT2D eigenvalue weighted by molar-refractivity contribution is 7.16. The Kier molecular flexibility index (Phi) is 4.16. The molecule has 35 heavy (non-hydrogen) atoms. The number of ether oxygens (including phenoxy) is 1. The normalized spacial score (nSPS) is 28.3. The summed E-state index contributed by atoms with van der Waals surface area (Å²) in [6, 6.07) is 1.23. The second kappa shape index (κ2) is 6.92. The molecule has 4 aliphatic rings. The molecule has 8 nitrogen and oxygen atoms in total. The zero-order valence-corrected chi connectivity index (χ0v) is 19.8. The van der Waals surface area contributed by atoms with Gasteiger partial charge >= 0.3 is 6.16 Å². The van der Waals surface area contributed by atoms with E-state index in [2.05, 4.69) is 22.0 Å². The van der Waals surface area contributed by atoms with Crippen LogP contribution in [0, 0.1) is 29.0 Å². The third-order valence-electron chi connectivity index (χ3n) is 8.68. The van der Waals surface area contributed by atoms with E-state index in [1.54, 1.807) is 11.4 Å². The number of fused-ring (bicyclic) bond motifs is 1. The summed E-state index contributed by atoms with van der Waals surface area (Å²) in [5, 5.41) is 12.3. The molecule has 1 aliphatic heterocycles. The van der Waals surface area contributed by atoms with Gasteiger partial charge in [-0.3, -0.25) is 14.2 Å². The third kappa shape index (κ3) is 2.51. The van der Waals surface area contributed by atoms with E-state index in [9.17, 15) is 14.7 Å². The van der Waals surface area contributed by atoms with Crippen molar-refractivity contribution in [1.82, 2.24) is 4.40 Å². The first-order chi connectivity index (χ1) is 16.9. The molecule has 2 fully saturated rings. The number of aromatic nitrogens is 1. The van der Waals surface area contributed by atoms with Crippen LogP contribution in [0.3, 0.4) is 0 Å². The Labute approximate surface area is 202 Å². The summed E-state index contributed by atoms with van der Waals surface area (Å²) in [7, 11) is 1.65. The van der Waals surface area contributed by atoms with E-state index in [1.165, 1.54) is 17.4 Å². The SMILES string of the molecule is CN=c1c2c(N3CC4C5C=CC(CN)(CC5)C4C3)c(F)cc3c(=O)c(OC(=O)O)c4scc1n4c32. The van der Waals surface area contributed by atoms with Crippen LogP contribution in [0.15, 0.2) is 33.4 Å². The van der Waals surface area contributed by atoms with Crippen LogP contribution < -0.4 is 26.2 Å². The van der Waals surface area contributed by atoms with Crippen LogP contribution in [0.5, 0.6) is 5.75 Å². The van der Waals surface area contributed by atoms with Crippen molar-refractivity contribution < 1.29 is 19.0 Å². The van der Waals surface area contributed by atoms with Gasteiger partial charge in [0.25, 0.3) is 0 Å². The lowest BCUT2D eigenvalue weighted by atomic mass is 9.55. The number of benzene rings is 1. The average Bonchev–Trinajstić information content (AvgIpc) is 3.56. The molecule has 4 atom stereocenters. The van der Waals surface area contributed by atoms with Gasteiger partial charge in [-0.05, 0) is 36.7 Å². The maximum atomic E-state index is 16.0. The molecule has 10 heteroatoms. The average molecular weight is 495 g/mol. The Bertz CT molecular complexity index is 1690. The number of thiazole rings is 1. The molecule has 0 amide bonds. The number of hydrogen-bond acceptors (Lipinski definition) is 7. The molecule has 180 valence electrons. The quantitative estimate of drug-likeness (QED) is 0.334. The smallest absolute Gasteiger partial charge is 0.449 e. The minimum atomic E-state index is -1.59. The third-order valence-corrected chi connectivity index (χ3v) is 9.61. The van der Waals surface area contributed by atoms with Gasteiger partial charge in [0.2, 0.25) is 11.2 Å². The van der Waals surface area contributed by atoms with E-state index < -0.39 is 17.4 Å². The highest BCUT2D eigenvalue weighted by atomic mass is 32.1. The summed E-state index contributed by atoms with van der Waals surface area (Å²) in [6.45, 7) is 2.00. The first-order valence-corrected chi connectivity index (χ1v) is 12.6. The van der Waals surface area contributed by atoms with Crippen molar-refractivity contribution in [3.8, 4) is 5.75 Å². The van der Waals surface area contributed by atoms with Crippen LogP contribution in [-0.4, -0.2) is 42.3 Å². The monoisotopic (exact) mass is 494 g/mol. The molecule has 4 unspecified atom stereocenters. The summed E-state index contributed by atoms with van der Waals surface area (Å²) >= 11 is 1.21. The van der Waals surface area contributed by atoms with Gasteiger partial charge in [0.15, 0.2) is 0 Å². The van der Waals surface area contributed by atoms with Gasteiger partial charge in [-0.1, -0.05) is 12.2 Å². The van der Waals surface area contributed by atoms with Crippen LogP contribution in [0.4, 0.5) is 14.9 Å². The van der Waals surface area contributed by atoms with E-state index in [4.69, 9.17) is 10.5 Å². The molecule has 1 saturated heterocycles. The molecular formula is C25H23FN4O4S. The van der Waals surface area contributed by atoms with E-state index >= 15 is 4.39 Å². The first kappa shape index (κ1) is 21.1. The maximum Gasteiger partial charge on any atom is 0.511 e. The summed E-state index contributed by atoms with van der Waals surface area (Å²) in [4.78, 5) is 31.5. The number of carbonyl (C=O) groups is 1. The van der Waals surface area contributed by atoms with E-state index in [-0.39, 0.29) is 16.6 Å². The topological polar surface area (TPSA) is 110 Å². The number of rotatable bonds is 3. The number of halogens is 1. The molecule has 0 spiro atoms. The van der Waals surface area contributed by atoms with Gasteiger partial charge in [0.05, 0.1) is 32.9 Å². The highest BCUT2D eigenvalue weighted by Crippen LogP contribution is 2.56. The predicted octanol–water partition coefficient (Wildman–Crippen LogP) is 3.25.